The number of carbonyl (C=O) groups excluding carboxylic acids is 3. The fourth-order valence-corrected chi connectivity index (χ4v) is 2.53. The number of hydrogen-bond acceptors (Lipinski definition) is 6. The molecule has 8 nitrogen and oxygen atoms in total. The van der Waals surface area contributed by atoms with Crippen molar-refractivity contribution in [3.05, 3.63) is 58.9 Å². The summed E-state index contributed by atoms with van der Waals surface area (Å²) < 4.78 is 29.2. The largest absolute Gasteiger partial charge is 0.485 e. The van der Waals surface area contributed by atoms with E-state index in [9.17, 15) is 18.8 Å². The van der Waals surface area contributed by atoms with E-state index >= 15 is 0 Å². The van der Waals surface area contributed by atoms with Crippen molar-refractivity contribution in [3.8, 4) is 11.5 Å². The predicted molar refractivity (Wildman–Crippen MR) is 94.3 cm³/mol. The molecule has 0 spiro atoms. The Morgan fingerprint density at radius 3 is 2.61 bits per heavy atom. The zero-order valence-corrected chi connectivity index (χ0v) is 15.0. The van der Waals surface area contributed by atoms with Crippen molar-refractivity contribution >= 4 is 29.4 Å². The van der Waals surface area contributed by atoms with Crippen LogP contribution in [-0.2, 0) is 14.3 Å². The Morgan fingerprint density at radius 1 is 1.11 bits per heavy atom. The summed E-state index contributed by atoms with van der Waals surface area (Å²) in [6.45, 7) is -0.798. The standard InChI is InChI=1S/C18H14ClFN2O6/c19-10-4-3-5-11(20)16(10)18(25)27-9-15(23)21-22-17(24)14-8-26-12-6-1-2-7-13(12)28-14/h1-7,14H,8-9H2,(H,21,23)(H,22,24)/t14-/m0/s1. The molecule has 2 amide bonds. The maximum absolute atomic E-state index is 13.6. The molecule has 146 valence electrons. The lowest BCUT2D eigenvalue weighted by Gasteiger charge is -2.25. The molecule has 1 aliphatic rings. The van der Waals surface area contributed by atoms with Gasteiger partial charge in [0.15, 0.2) is 18.1 Å². The average molecular weight is 409 g/mol. The topological polar surface area (TPSA) is 103 Å². The van der Waals surface area contributed by atoms with Gasteiger partial charge in [0.05, 0.1) is 5.02 Å². The van der Waals surface area contributed by atoms with E-state index in [2.05, 4.69) is 10.9 Å². The third kappa shape index (κ3) is 4.49. The molecule has 0 saturated carbocycles. The van der Waals surface area contributed by atoms with Crippen LogP contribution in [0.25, 0.3) is 0 Å². The van der Waals surface area contributed by atoms with Crippen molar-refractivity contribution in [2.75, 3.05) is 13.2 Å². The second-order valence-corrected chi connectivity index (χ2v) is 5.98. The molecule has 1 heterocycles. The maximum atomic E-state index is 13.6. The number of halogens is 2. The Hall–Kier alpha value is -3.33. The third-order valence-corrected chi connectivity index (χ3v) is 3.94. The highest BCUT2D eigenvalue weighted by Gasteiger charge is 2.27. The highest BCUT2D eigenvalue weighted by Crippen LogP contribution is 2.30. The van der Waals surface area contributed by atoms with Crippen LogP contribution in [0.4, 0.5) is 4.39 Å². The Labute approximate surface area is 163 Å². The van der Waals surface area contributed by atoms with Crippen molar-refractivity contribution < 1.29 is 33.0 Å². The predicted octanol–water partition coefficient (Wildman–Crippen LogP) is 1.62. The van der Waals surface area contributed by atoms with E-state index in [-0.39, 0.29) is 11.6 Å². The molecule has 2 aromatic carbocycles. The van der Waals surface area contributed by atoms with Crippen LogP contribution in [0.5, 0.6) is 11.5 Å². The van der Waals surface area contributed by atoms with Crippen LogP contribution in [0.15, 0.2) is 42.5 Å². The highest BCUT2D eigenvalue weighted by atomic mass is 35.5. The number of para-hydroxylation sites is 2. The van der Waals surface area contributed by atoms with Gasteiger partial charge in [0, 0.05) is 0 Å². The van der Waals surface area contributed by atoms with Gasteiger partial charge in [0.25, 0.3) is 11.8 Å². The molecule has 0 radical (unpaired) electrons. The number of benzene rings is 2. The van der Waals surface area contributed by atoms with Gasteiger partial charge in [-0.3, -0.25) is 20.4 Å². The summed E-state index contributed by atoms with van der Waals surface area (Å²) in [6, 6.07) is 10.5. The van der Waals surface area contributed by atoms with Gasteiger partial charge in [-0.1, -0.05) is 29.8 Å². The quantitative estimate of drug-likeness (QED) is 0.588. The van der Waals surface area contributed by atoms with Crippen LogP contribution in [0.2, 0.25) is 5.02 Å². The van der Waals surface area contributed by atoms with Crippen LogP contribution in [-0.4, -0.2) is 37.1 Å². The monoisotopic (exact) mass is 408 g/mol. The van der Waals surface area contributed by atoms with Crippen LogP contribution in [0.1, 0.15) is 10.4 Å². The summed E-state index contributed by atoms with van der Waals surface area (Å²) in [5.41, 5.74) is 3.72. The van der Waals surface area contributed by atoms with Gasteiger partial charge in [-0.2, -0.15) is 0 Å². The van der Waals surface area contributed by atoms with E-state index in [4.69, 9.17) is 25.8 Å². The number of ether oxygens (including phenoxy) is 3. The van der Waals surface area contributed by atoms with Gasteiger partial charge in [-0.25, -0.2) is 9.18 Å². The molecule has 1 aliphatic heterocycles. The minimum absolute atomic E-state index is 0.0422. The first-order chi connectivity index (χ1) is 13.5. The molecular weight excluding hydrogens is 395 g/mol. The second kappa shape index (κ2) is 8.57. The Morgan fingerprint density at radius 2 is 1.86 bits per heavy atom. The van der Waals surface area contributed by atoms with Crippen molar-refractivity contribution in [2.24, 2.45) is 0 Å². The molecule has 2 N–H and O–H groups in total. The molecule has 0 unspecified atom stereocenters. The molecule has 0 aromatic heterocycles. The molecule has 10 heteroatoms. The van der Waals surface area contributed by atoms with Gasteiger partial charge >= 0.3 is 5.97 Å². The Balaban J connectivity index is 1.46. The second-order valence-electron chi connectivity index (χ2n) is 5.57. The summed E-state index contributed by atoms with van der Waals surface area (Å²) in [4.78, 5) is 35.6. The minimum Gasteiger partial charge on any atom is -0.485 e. The first-order valence-electron chi connectivity index (χ1n) is 8.04. The number of esters is 1. The lowest BCUT2D eigenvalue weighted by molar-refractivity contribution is -0.135. The van der Waals surface area contributed by atoms with Gasteiger partial charge < -0.3 is 14.2 Å². The zero-order valence-electron chi connectivity index (χ0n) is 14.2. The van der Waals surface area contributed by atoms with Gasteiger partial charge in [-0.15, -0.1) is 0 Å². The molecule has 2 aromatic rings. The maximum Gasteiger partial charge on any atom is 0.343 e. The fraction of sp³-hybridized carbons (Fsp3) is 0.167. The van der Waals surface area contributed by atoms with Crippen LogP contribution < -0.4 is 20.3 Å². The zero-order chi connectivity index (χ0) is 20.1. The molecule has 0 fully saturated rings. The number of fused-ring (bicyclic) bond motifs is 1. The van der Waals surface area contributed by atoms with Crippen molar-refractivity contribution in [1.29, 1.82) is 0 Å². The summed E-state index contributed by atoms with van der Waals surface area (Å²) in [5.74, 6) is -2.58. The molecule has 3 rings (SSSR count). The third-order valence-electron chi connectivity index (χ3n) is 3.63. The van der Waals surface area contributed by atoms with Gasteiger partial charge in [0.2, 0.25) is 6.10 Å². The smallest absolute Gasteiger partial charge is 0.343 e. The lowest BCUT2D eigenvalue weighted by atomic mass is 10.2. The van der Waals surface area contributed by atoms with Crippen molar-refractivity contribution in [2.45, 2.75) is 6.10 Å². The summed E-state index contributed by atoms with van der Waals surface area (Å²) in [6.07, 6.45) is -0.977. The summed E-state index contributed by atoms with van der Waals surface area (Å²) >= 11 is 5.74. The molecule has 28 heavy (non-hydrogen) atoms. The minimum atomic E-state index is -1.11. The number of amides is 2. The van der Waals surface area contributed by atoms with E-state index < -0.39 is 41.9 Å². The summed E-state index contributed by atoms with van der Waals surface area (Å²) in [7, 11) is 0. The lowest BCUT2D eigenvalue weighted by Crippen LogP contribution is -2.51. The molecular formula is C18H14ClFN2O6. The Bertz CT molecular complexity index is 902. The molecule has 0 aliphatic carbocycles. The van der Waals surface area contributed by atoms with Crippen molar-refractivity contribution in [1.82, 2.24) is 10.9 Å². The fourth-order valence-electron chi connectivity index (χ4n) is 2.29. The van der Waals surface area contributed by atoms with E-state index in [0.717, 1.165) is 6.07 Å². The Kier molecular flexibility index (Phi) is 5.95. The van der Waals surface area contributed by atoms with E-state index in [1.807, 2.05) is 0 Å². The number of rotatable bonds is 4. The number of carbonyl (C=O) groups is 3. The first kappa shape index (κ1) is 19.4. The molecule has 1 atom stereocenters. The van der Waals surface area contributed by atoms with E-state index in [1.165, 1.54) is 12.1 Å². The molecule has 0 saturated heterocycles. The number of hydrogen-bond donors (Lipinski definition) is 2. The van der Waals surface area contributed by atoms with Gasteiger partial charge in [0.1, 0.15) is 18.0 Å². The van der Waals surface area contributed by atoms with Crippen LogP contribution >= 0.6 is 11.6 Å². The molecule has 0 bridgehead atoms. The average Bonchev–Trinajstić information content (AvgIpc) is 2.70. The SMILES string of the molecule is O=C(COC(=O)c1c(F)cccc1Cl)NNC(=O)[C@@H]1COc2ccccc2O1. The number of hydrazine groups is 1. The normalized spacial score (nSPS) is 14.7. The van der Waals surface area contributed by atoms with E-state index in [1.54, 1.807) is 24.3 Å². The van der Waals surface area contributed by atoms with Crippen molar-refractivity contribution in [3.63, 3.8) is 0 Å². The van der Waals surface area contributed by atoms with Gasteiger partial charge in [-0.05, 0) is 24.3 Å². The first-order valence-corrected chi connectivity index (χ1v) is 8.42. The summed E-state index contributed by atoms with van der Waals surface area (Å²) in [5, 5.41) is -0.145. The number of nitrogens with one attached hydrogen (secondary N) is 2. The van der Waals surface area contributed by atoms with E-state index in [0.29, 0.717) is 11.5 Å². The van der Waals surface area contributed by atoms with Crippen LogP contribution in [0, 0.1) is 5.82 Å². The highest BCUT2D eigenvalue weighted by molar-refractivity contribution is 6.33. The van der Waals surface area contributed by atoms with Crippen LogP contribution in [0.3, 0.4) is 0 Å².